The van der Waals surface area contributed by atoms with Gasteiger partial charge in [-0.05, 0) is 67.1 Å². The smallest absolute Gasteiger partial charge is 0.343 e. The number of nitrogens with one attached hydrogen (secondary N) is 2. The van der Waals surface area contributed by atoms with Gasteiger partial charge in [-0.25, -0.2) is 14.6 Å². The van der Waals surface area contributed by atoms with E-state index in [1.54, 1.807) is 92.9 Å². The number of esters is 1. The zero-order valence-electron chi connectivity index (χ0n) is 22.6. The van der Waals surface area contributed by atoms with Gasteiger partial charge in [0.25, 0.3) is 5.91 Å². The van der Waals surface area contributed by atoms with Crippen LogP contribution in [0.25, 0.3) is 22.0 Å². The molecule has 212 valence electrons. The number of aromatic amines is 1. The molecule has 0 saturated heterocycles. The number of methoxy groups -OCH3 is 1. The summed E-state index contributed by atoms with van der Waals surface area (Å²) in [4.78, 5) is 28.8. The molecule has 0 aliphatic carbocycles. The lowest BCUT2D eigenvalue weighted by Gasteiger charge is -2.11. The van der Waals surface area contributed by atoms with E-state index in [1.165, 1.54) is 12.3 Å². The topological polar surface area (TPSA) is 102 Å². The van der Waals surface area contributed by atoms with Gasteiger partial charge in [0.2, 0.25) is 0 Å². The van der Waals surface area contributed by atoms with E-state index in [1.807, 2.05) is 0 Å². The van der Waals surface area contributed by atoms with Crippen molar-refractivity contribution in [2.75, 3.05) is 13.7 Å². The summed E-state index contributed by atoms with van der Waals surface area (Å²) in [6.45, 7) is 2.13. The average molecular weight is 586 g/mol. The number of hydrogen-bond donors (Lipinski definition) is 2. The molecule has 8 nitrogen and oxygen atoms in total. The third kappa shape index (κ3) is 5.96. The van der Waals surface area contributed by atoms with Gasteiger partial charge in [0, 0.05) is 21.5 Å². The number of H-pyrrole nitrogens is 1. The molecule has 0 spiro atoms. The van der Waals surface area contributed by atoms with E-state index < -0.39 is 17.7 Å². The summed E-state index contributed by atoms with van der Waals surface area (Å²) in [7, 11) is 1.54. The fourth-order valence-electron chi connectivity index (χ4n) is 4.36. The van der Waals surface area contributed by atoms with E-state index in [9.17, 15) is 14.0 Å². The Balaban J connectivity index is 1.36. The Kier molecular flexibility index (Phi) is 8.50. The lowest BCUT2D eigenvalue weighted by Crippen LogP contribution is -2.19. The minimum absolute atomic E-state index is 0.108. The van der Waals surface area contributed by atoms with Crippen LogP contribution in [0.15, 0.2) is 90.0 Å². The van der Waals surface area contributed by atoms with Crippen LogP contribution in [-0.2, 0) is 0 Å². The molecule has 10 heteroatoms. The molecule has 1 heterocycles. The molecule has 1 amide bonds. The summed E-state index contributed by atoms with van der Waals surface area (Å²) in [5.74, 6) is -0.484. The number of aromatic nitrogens is 1. The van der Waals surface area contributed by atoms with Gasteiger partial charge in [-0.2, -0.15) is 5.10 Å². The van der Waals surface area contributed by atoms with Crippen molar-refractivity contribution in [2.45, 2.75) is 6.92 Å². The molecule has 0 aliphatic heterocycles. The fourth-order valence-corrected chi connectivity index (χ4v) is 4.59. The van der Waals surface area contributed by atoms with E-state index in [0.29, 0.717) is 50.8 Å². The Morgan fingerprint density at radius 2 is 1.79 bits per heavy atom. The van der Waals surface area contributed by atoms with Crippen molar-refractivity contribution in [1.82, 2.24) is 10.4 Å². The third-order valence-electron chi connectivity index (χ3n) is 6.33. The number of hydrogen-bond acceptors (Lipinski definition) is 6. The SMILES string of the molecule is CCOc1cc(C=NNC(=O)c2[nH]c3c(F)cccc3c2-c2ccccc2Cl)ccc1OC(=O)c1ccc(OC)cc1. The lowest BCUT2D eigenvalue weighted by atomic mass is 10.0. The number of halogens is 2. The number of carbonyl (C=O) groups is 2. The summed E-state index contributed by atoms with van der Waals surface area (Å²) < 4.78 is 30.9. The molecule has 5 rings (SSSR count). The molecule has 0 atom stereocenters. The Bertz CT molecular complexity index is 1800. The lowest BCUT2D eigenvalue weighted by molar-refractivity contribution is 0.0728. The predicted octanol–water partition coefficient (Wildman–Crippen LogP) is 7.02. The number of nitrogens with zero attached hydrogens (tertiary/aromatic N) is 1. The van der Waals surface area contributed by atoms with Crippen LogP contribution in [0.2, 0.25) is 5.02 Å². The fraction of sp³-hybridized carbons (Fsp3) is 0.0938. The molecule has 0 radical (unpaired) electrons. The Labute approximate surface area is 245 Å². The number of ether oxygens (including phenoxy) is 3. The highest BCUT2D eigenvalue weighted by molar-refractivity contribution is 6.34. The van der Waals surface area contributed by atoms with Crippen LogP contribution < -0.4 is 19.6 Å². The first-order valence-electron chi connectivity index (χ1n) is 12.9. The number of hydrazone groups is 1. The molecule has 0 fully saturated rings. The molecule has 0 unspecified atom stereocenters. The number of rotatable bonds is 9. The molecule has 5 aromatic rings. The molecular formula is C32H25ClFN3O5. The minimum atomic E-state index is -0.591. The average Bonchev–Trinajstić information content (AvgIpc) is 3.39. The largest absolute Gasteiger partial charge is 0.497 e. The molecule has 0 saturated carbocycles. The number of para-hydroxylation sites is 1. The van der Waals surface area contributed by atoms with E-state index in [4.69, 9.17) is 25.8 Å². The number of carbonyl (C=O) groups excluding carboxylic acids is 2. The molecule has 0 aliphatic rings. The number of benzene rings is 4. The maximum atomic E-state index is 14.6. The first-order valence-corrected chi connectivity index (χ1v) is 13.3. The van der Waals surface area contributed by atoms with Gasteiger partial charge in [0.05, 0.1) is 31.0 Å². The first kappa shape index (κ1) is 28.4. The van der Waals surface area contributed by atoms with E-state index in [2.05, 4.69) is 15.5 Å². The zero-order valence-corrected chi connectivity index (χ0v) is 23.4. The Morgan fingerprint density at radius 3 is 2.52 bits per heavy atom. The van der Waals surface area contributed by atoms with Crippen LogP contribution in [0.5, 0.6) is 17.2 Å². The Hall–Kier alpha value is -5.15. The van der Waals surface area contributed by atoms with Crippen molar-refractivity contribution < 1.29 is 28.2 Å². The van der Waals surface area contributed by atoms with Crippen molar-refractivity contribution in [3.05, 3.63) is 113 Å². The highest BCUT2D eigenvalue weighted by atomic mass is 35.5. The summed E-state index contributed by atoms with van der Waals surface area (Å²) in [6, 6.07) is 23.0. The van der Waals surface area contributed by atoms with Gasteiger partial charge in [0.1, 0.15) is 17.3 Å². The van der Waals surface area contributed by atoms with Crippen molar-refractivity contribution in [3.8, 4) is 28.4 Å². The third-order valence-corrected chi connectivity index (χ3v) is 6.66. The van der Waals surface area contributed by atoms with Crippen molar-refractivity contribution in [3.63, 3.8) is 0 Å². The molecule has 42 heavy (non-hydrogen) atoms. The Morgan fingerprint density at radius 1 is 1.00 bits per heavy atom. The molecule has 4 aromatic carbocycles. The van der Waals surface area contributed by atoms with Crippen molar-refractivity contribution in [2.24, 2.45) is 5.10 Å². The zero-order chi connectivity index (χ0) is 29.6. The van der Waals surface area contributed by atoms with Crippen molar-refractivity contribution in [1.29, 1.82) is 0 Å². The van der Waals surface area contributed by atoms with Crippen LogP contribution in [0.4, 0.5) is 4.39 Å². The first-order chi connectivity index (χ1) is 20.4. The van der Waals surface area contributed by atoms with Crippen LogP contribution in [0.3, 0.4) is 0 Å². The molecule has 2 N–H and O–H groups in total. The maximum absolute atomic E-state index is 14.6. The molecule has 1 aromatic heterocycles. The number of amides is 1. The summed E-state index contributed by atoms with van der Waals surface area (Å²) in [5, 5.41) is 5.00. The number of fused-ring (bicyclic) bond motifs is 1. The predicted molar refractivity (Wildman–Crippen MR) is 159 cm³/mol. The normalized spacial score (nSPS) is 11.0. The summed E-state index contributed by atoms with van der Waals surface area (Å²) >= 11 is 6.43. The van der Waals surface area contributed by atoms with Crippen LogP contribution in [-0.4, -0.2) is 36.8 Å². The molecule has 0 bridgehead atoms. The van der Waals surface area contributed by atoms with E-state index in [-0.39, 0.29) is 17.0 Å². The minimum Gasteiger partial charge on any atom is -0.497 e. The van der Waals surface area contributed by atoms with Gasteiger partial charge in [-0.3, -0.25) is 4.79 Å². The van der Waals surface area contributed by atoms with Crippen LogP contribution in [0, 0.1) is 5.82 Å². The highest BCUT2D eigenvalue weighted by Crippen LogP contribution is 2.37. The van der Waals surface area contributed by atoms with E-state index in [0.717, 1.165) is 0 Å². The van der Waals surface area contributed by atoms with Gasteiger partial charge >= 0.3 is 5.97 Å². The second-order valence-corrected chi connectivity index (χ2v) is 9.38. The quantitative estimate of drug-likeness (QED) is 0.0838. The van der Waals surface area contributed by atoms with Crippen LogP contribution >= 0.6 is 11.6 Å². The van der Waals surface area contributed by atoms with Crippen molar-refractivity contribution >= 4 is 40.6 Å². The maximum Gasteiger partial charge on any atom is 0.343 e. The van der Waals surface area contributed by atoms with Gasteiger partial charge in [-0.15, -0.1) is 0 Å². The standard InChI is InChI=1S/C32H25ClFN3O5/c1-3-41-27-17-19(11-16-26(27)42-32(39)20-12-14-21(40-2)15-13-20)18-35-37-31(38)30-28(22-7-4-5-9-24(22)33)23-8-6-10-25(34)29(23)36-30/h4-18,36H,3H2,1-2H3,(H,37,38). The second kappa shape index (κ2) is 12.6. The second-order valence-electron chi connectivity index (χ2n) is 8.97. The van der Waals surface area contributed by atoms with E-state index >= 15 is 0 Å². The summed E-state index contributed by atoms with van der Waals surface area (Å²) in [6.07, 6.45) is 1.41. The molecular weight excluding hydrogens is 561 g/mol. The van der Waals surface area contributed by atoms with Gasteiger partial charge in [0.15, 0.2) is 11.5 Å². The monoisotopic (exact) mass is 585 g/mol. The van der Waals surface area contributed by atoms with Crippen LogP contribution in [0.1, 0.15) is 33.3 Å². The van der Waals surface area contributed by atoms with Gasteiger partial charge < -0.3 is 19.2 Å². The van der Waals surface area contributed by atoms with Gasteiger partial charge in [-0.1, -0.05) is 41.9 Å². The highest BCUT2D eigenvalue weighted by Gasteiger charge is 2.22. The summed E-state index contributed by atoms with van der Waals surface area (Å²) in [5.41, 5.74) is 4.73.